The largest absolute Gasteiger partial charge is 0.389 e. The molecule has 0 bridgehead atoms. The number of benzene rings is 1. The maximum absolute atomic E-state index is 13.6. The molecule has 0 radical (unpaired) electrons. The van der Waals surface area contributed by atoms with Crippen molar-refractivity contribution < 1.29 is 14.3 Å². The van der Waals surface area contributed by atoms with E-state index in [0.29, 0.717) is 31.7 Å². The number of aliphatic hydroxyl groups is 1. The van der Waals surface area contributed by atoms with E-state index in [-0.39, 0.29) is 11.7 Å². The number of likely N-dealkylation sites (tertiary alicyclic amines) is 1. The summed E-state index contributed by atoms with van der Waals surface area (Å²) >= 11 is 0. The number of nitrogens with zero attached hydrogens (tertiary/aromatic N) is 2. The van der Waals surface area contributed by atoms with Crippen molar-refractivity contribution in [1.82, 2.24) is 4.90 Å². The highest BCUT2D eigenvalue weighted by Crippen LogP contribution is 2.17. The smallest absolute Gasteiger partial charge is 0.222 e. The van der Waals surface area contributed by atoms with Gasteiger partial charge in [0.25, 0.3) is 0 Å². The Kier molecular flexibility index (Phi) is 4.37. The van der Waals surface area contributed by atoms with Gasteiger partial charge in [-0.2, -0.15) is 0 Å². The molecule has 1 amide bonds. The van der Waals surface area contributed by atoms with E-state index < -0.39 is 6.10 Å². The van der Waals surface area contributed by atoms with Crippen LogP contribution in [0.3, 0.4) is 0 Å². The molecule has 0 aliphatic carbocycles. The molecule has 1 heterocycles. The minimum absolute atomic E-state index is 0.0904. The summed E-state index contributed by atoms with van der Waals surface area (Å²) in [7, 11) is 1.73. The Hall–Kier alpha value is -1.62. The molecule has 1 aliphatic heterocycles. The zero-order valence-electron chi connectivity index (χ0n) is 11.1. The number of carbonyl (C=O) groups excluding carboxylic acids is 1. The fraction of sp³-hybridized carbons (Fsp3) is 0.500. The Morgan fingerprint density at radius 2 is 2.21 bits per heavy atom. The summed E-state index contributed by atoms with van der Waals surface area (Å²) in [6, 6.07) is 6.45. The topological polar surface area (TPSA) is 43.8 Å². The van der Waals surface area contributed by atoms with Crippen LogP contribution in [0.5, 0.6) is 0 Å². The predicted molar refractivity (Wildman–Crippen MR) is 71.5 cm³/mol. The normalized spacial score (nSPS) is 16.8. The van der Waals surface area contributed by atoms with Crippen molar-refractivity contribution in [3.05, 3.63) is 30.1 Å². The molecule has 1 fully saturated rings. The number of anilines is 1. The van der Waals surface area contributed by atoms with E-state index in [4.69, 9.17) is 0 Å². The zero-order valence-corrected chi connectivity index (χ0v) is 11.1. The number of aliphatic hydroxyl groups excluding tert-OH is 1. The first-order valence-corrected chi connectivity index (χ1v) is 6.49. The average Bonchev–Trinajstić information content (AvgIpc) is 2.75. The van der Waals surface area contributed by atoms with Crippen LogP contribution in [0.25, 0.3) is 0 Å². The van der Waals surface area contributed by atoms with Crippen LogP contribution in [0.4, 0.5) is 10.1 Å². The SMILES string of the molecule is CN(CC(O)CN1CCCC1=O)c1ccccc1F. The molecule has 5 heteroatoms. The molecule has 1 unspecified atom stereocenters. The van der Waals surface area contributed by atoms with Gasteiger partial charge >= 0.3 is 0 Å². The molecular formula is C14H19FN2O2. The molecule has 0 saturated carbocycles. The summed E-state index contributed by atoms with van der Waals surface area (Å²) in [6.45, 7) is 1.32. The molecule has 0 aromatic heterocycles. The monoisotopic (exact) mass is 266 g/mol. The lowest BCUT2D eigenvalue weighted by molar-refractivity contribution is -0.128. The highest BCUT2D eigenvalue weighted by Gasteiger charge is 2.23. The standard InChI is InChI=1S/C14H19FN2O2/c1-16(13-6-3-2-5-12(13)15)9-11(18)10-17-8-4-7-14(17)19/h2-3,5-6,11,18H,4,7-10H2,1H3. The molecule has 1 aliphatic rings. The van der Waals surface area contributed by atoms with Crippen LogP contribution in [-0.2, 0) is 4.79 Å². The second-order valence-electron chi connectivity index (χ2n) is 4.93. The van der Waals surface area contributed by atoms with Crippen molar-refractivity contribution in [2.75, 3.05) is 31.6 Å². The second-order valence-corrected chi connectivity index (χ2v) is 4.93. The van der Waals surface area contributed by atoms with Crippen LogP contribution in [0.15, 0.2) is 24.3 Å². The maximum Gasteiger partial charge on any atom is 0.222 e. The van der Waals surface area contributed by atoms with Crippen LogP contribution in [-0.4, -0.2) is 48.7 Å². The van der Waals surface area contributed by atoms with Crippen LogP contribution < -0.4 is 4.90 Å². The number of hydrogen-bond acceptors (Lipinski definition) is 3. The van der Waals surface area contributed by atoms with E-state index in [1.54, 1.807) is 35.0 Å². The summed E-state index contributed by atoms with van der Waals surface area (Å²) in [5.74, 6) is -0.220. The van der Waals surface area contributed by atoms with Gasteiger partial charge in [-0.1, -0.05) is 12.1 Å². The molecule has 1 aromatic carbocycles. The van der Waals surface area contributed by atoms with Crippen molar-refractivity contribution in [3.63, 3.8) is 0 Å². The van der Waals surface area contributed by atoms with Crippen molar-refractivity contribution in [3.8, 4) is 0 Å². The van der Waals surface area contributed by atoms with Gasteiger partial charge < -0.3 is 14.9 Å². The van der Waals surface area contributed by atoms with Gasteiger partial charge in [0.1, 0.15) is 5.82 Å². The van der Waals surface area contributed by atoms with Gasteiger partial charge in [0.15, 0.2) is 0 Å². The number of halogens is 1. The number of rotatable bonds is 5. The molecule has 1 aromatic rings. The van der Waals surface area contributed by atoms with E-state index in [1.165, 1.54) is 6.07 Å². The summed E-state index contributed by atoms with van der Waals surface area (Å²) in [5, 5.41) is 9.99. The third-order valence-electron chi connectivity index (χ3n) is 3.35. The Bertz CT molecular complexity index is 453. The summed E-state index contributed by atoms with van der Waals surface area (Å²) in [6.07, 6.45) is 0.747. The predicted octanol–water partition coefficient (Wildman–Crippen LogP) is 1.25. The molecule has 104 valence electrons. The summed E-state index contributed by atoms with van der Waals surface area (Å²) in [4.78, 5) is 14.8. The third-order valence-corrected chi connectivity index (χ3v) is 3.35. The van der Waals surface area contributed by atoms with Crippen LogP contribution in [0, 0.1) is 5.82 Å². The van der Waals surface area contributed by atoms with Crippen molar-refractivity contribution in [2.45, 2.75) is 18.9 Å². The number of likely N-dealkylation sites (N-methyl/N-ethyl adjacent to an activating group) is 1. The van der Waals surface area contributed by atoms with Gasteiger partial charge in [0.2, 0.25) is 5.91 Å². The van der Waals surface area contributed by atoms with Crippen molar-refractivity contribution in [1.29, 1.82) is 0 Å². The average molecular weight is 266 g/mol. The van der Waals surface area contributed by atoms with Crippen molar-refractivity contribution in [2.24, 2.45) is 0 Å². The van der Waals surface area contributed by atoms with Crippen molar-refractivity contribution >= 4 is 11.6 Å². The summed E-state index contributed by atoms with van der Waals surface area (Å²) in [5.41, 5.74) is 0.453. The van der Waals surface area contributed by atoms with E-state index in [1.807, 2.05) is 0 Å². The first-order valence-electron chi connectivity index (χ1n) is 6.49. The molecule has 0 spiro atoms. The number of para-hydroxylation sites is 1. The van der Waals surface area contributed by atoms with E-state index in [9.17, 15) is 14.3 Å². The first kappa shape index (κ1) is 13.8. The van der Waals surface area contributed by atoms with Gasteiger partial charge in [0, 0.05) is 33.1 Å². The molecule has 1 atom stereocenters. The molecular weight excluding hydrogens is 247 g/mol. The van der Waals surface area contributed by atoms with Crippen LogP contribution in [0.2, 0.25) is 0 Å². The third kappa shape index (κ3) is 3.44. The molecule has 2 rings (SSSR count). The lowest BCUT2D eigenvalue weighted by Gasteiger charge is -2.26. The lowest BCUT2D eigenvalue weighted by atomic mass is 10.2. The van der Waals surface area contributed by atoms with Crippen LogP contribution >= 0.6 is 0 Å². The van der Waals surface area contributed by atoms with E-state index in [0.717, 1.165) is 6.42 Å². The zero-order chi connectivity index (χ0) is 13.8. The lowest BCUT2D eigenvalue weighted by Crippen LogP contribution is -2.39. The second kappa shape index (κ2) is 6.02. The van der Waals surface area contributed by atoms with Gasteiger partial charge in [-0.3, -0.25) is 4.79 Å². The van der Waals surface area contributed by atoms with E-state index in [2.05, 4.69) is 0 Å². The molecule has 1 N–H and O–H groups in total. The minimum Gasteiger partial charge on any atom is -0.389 e. The first-order chi connectivity index (χ1) is 9.08. The fourth-order valence-electron chi connectivity index (χ4n) is 2.38. The summed E-state index contributed by atoms with van der Waals surface area (Å²) < 4.78 is 13.6. The molecule has 1 saturated heterocycles. The highest BCUT2D eigenvalue weighted by molar-refractivity contribution is 5.78. The highest BCUT2D eigenvalue weighted by atomic mass is 19.1. The quantitative estimate of drug-likeness (QED) is 0.872. The Balaban J connectivity index is 1.90. The number of β-amino-alcohol motifs (C(OH)–C–C–N with tert-alkyl or cyclic N) is 1. The van der Waals surface area contributed by atoms with Gasteiger partial charge in [-0.05, 0) is 18.6 Å². The maximum atomic E-state index is 13.6. The van der Waals surface area contributed by atoms with Crippen LogP contribution in [0.1, 0.15) is 12.8 Å². The Morgan fingerprint density at radius 3 is 2.84 bits per heavy atom. The minimum atomic E-state index is -0.674. The Morgan fingerprint density at radius 1 is 1.47 bits per heavy atom. The van der Waals surface area contributed by atoms with E-state index >= 15 is 0 Å². The molecule has 4 nitrogen and oxygen atoms in total. The van der Waals surface area contributed by atoms with Gasteiger partial charge in [-0.25, -0.2) is 4.39 Å². The number of hydrogen-bond donors (Lipinski definition) is 1. The number of amides is 1. The number of carbonyl (C=O) groups is 1. The van der Waals surface area contributed by atoms with Gasteiger partial charge in [0.05, 0.1) is 11.8 Å². The Labute approximate surface area is 112 Å². The van der Waals surface area contributed by atoms with Gasteiger partial charge in [-0.15, -0.1) is 0 Å². The molecule has 19 heavy (non-hydrogen) atoms. The fourth-order valence-corrected chi connectivity index (χ4v) is 2.38.